The van der Waals surface area contributed by atoms with Gasteiger partial charge in [-0.2, -0.15) is 9.61 Å². The van der Waals surface area contributed by atoms with Gasteiger partial charge in [-0.25, -0.2) is 13.4 Å². The maximum absolute atomic E-state index is 12.5. The number of hydrogen-bond donors (Lipinski definition) is 1. The minimum Gasteiger partial charge on any atom is -0.263 e. The fourth-order valence-electron chi connectivity index (χ4n) is 2.48. The lowest BCUT2D eigenvalue weighted by molar-refractivity contribution is 0.600. The van der Waals surface area contributed by atoms with Gasteiger partial charge in [-0.3, -0.25) is 4.72 Å². The normalized spacial score (nSPS) is 15.0. The van der Waals surface area contributed by atoms with Crippen LogP contribution in [-0.2, 0) is 10.0 Å². The molecule has 1 aromatic carbocycles. The molecule has 2 aromatic heterocycles. The molecule has 6 nitrogen and oxygen atoms in total. The Morgan fingerprint density at radius 2 is 1.91 bits per heavy atom. The van der Waals surface area contributed by atoms with Crippen molar-refractivity contribution in [2.75, 3.05) is 4.72 Å². The third-order valence-corrected chi connectivity index (χ3v) is 5.31. The lowest BCUT2D eigenvalue weighted by Gasteiger charge is -2.09. The van der Waals surface area contributed by atoms with Crippen LogP contribution in [0.15, 0.2) is 47.5 Å². The Balaban J connectivity index is 1.72. The van der Waals surface area contributed by atoms with Crippen molar-refractivity contribution >= 4 is 21.5 Å². The van der Waals surface area contributed by atoms with Gasteiger partial charge in [-0.15, -0.1) is 0 Å². The van der Waals surface area contributed by atoms with Crippen LogP contribution in [0.5, 0.6) is 0 Å². The van der Waals surface area contributed by atoms with Crippen LogP contribution < -0.4 is 4.72 Å². The molecular weight excluding hydrogens is 312 g/mol. The summed E-state index contributed by atoms with van der Waals surface area (Å²) in [5, 5.41) is 4.49. The Kier molecular flexibility index (Phi) is 3.12. The zero-order valence-corrected chi connectivity index (χ0v) is 13.4. The van der Waals surface area contributed by atoms with Crippen molar-refractivity contribution in [3.05, 3.63) is 53.9 Å². The number of anilines is 1. The van der Waals surface area contributed by atoms with Crippen molar-refractivity contribution in [1.82, 2.24) is 14.6 Å². The molecule has 0 amide bonds. The maximum atomic E-state index is 12.5. The summed E-state index contributed by atoms with van der Waals surface area (Å²) in [6.45, 7) is 1.92. The third-order valence-electron chi connectivity index (χ3n) is 3.94. The van der Waals surface area contributed by atoms with Crippen molar-refractivity contribution in [2.24, 2.45) is 0 Å². The molecule has 0 unspecified atom stereocenters. The summed E-state index contributed by atoms with van der Waals surface area (Å²) in [6, 6.07) is 10.3. The van der Waals surface area contributed by atoms with Crippen molar-refractivity contribution in [3.8, 4) is 0 Å². The summed E-state index contributed by atoms with van der Waals surface area (Å²) < 4.78 is 29.2. The molecule has 0 aliphatic heterocycles. The molecule has 0 saturated heterocycles. The minimum atomic E-state index is -3.66. The third kappa shape index (κ3) is 2.68. The van der Waals surface area contributed by atoms with Gasteiger partial charge >= 0.3 is 0 Å². The van der Waals surface area contributed by atoms with Crippen LogP contribution in [0.3, 0.4) is 0 Å². The van der Waals surface area contributed by atoms with Crippen LogP contribution in [-0.4, -0.2) is 23.0 Å². The van der Waals surface area contributed by atoms with Gasteiger partial charge in [0.1, 0.15) is 5.82 Å². The number of aryl methyl sites for hydroxylation is 1. The highest BCUT2D eigenvalue weighted by atomic mass is 32.2. The van der Waals surface area contributed by atoms with Crippen molar-refractivity contribution in [2.45, 2.75) is 30.6 Å². The van der Waals surface area contributed by atoms with Crippen LogP contribution in [0, 0.1) is 6.92 Å². The number of nitrogens with zero attached hydrogens (tertiary/aromatic N) is 3. The molecule has 1 aliphatic rings. The van der Waals surface area contributed by atoms with E-state index in [2.05, 4.69) is 14.8 Å². The molecule has 118 valence electrons. The van der Waals surface area contributed by atoms with Gasteiger partial charge in [-0.05, 0) is 38.0 Å². The van der Waals surface area contributed by atoms with Crippen LogP contribution >= 0.6 is 0 Å². The number of sulfonamides is 1. The van der Waals surface area contributed by atoms with E-state index in [1.807, 2.05) is 13.0 Å². The van der Waals surface area contributed by atoms with Gasteiger partial charge in [0.15, 0.2) is 5.65 Å². The van der Waals surface area contributed by atoms with E-state index in [1.54, 1.807) is 41.0 Å². The van der Waals surface area contributed by atoms with Gasteiger partial charge < -0.3 is 0 Å². The van der Waals surface area contributed by atoms with Crippen molar-refractivity contribution in [3.63, 3.8) is 0 Å². The van der Waals surface area contributed by atoms with Crippen molar-refractivity contribution < 1.29 is 8.42 Å². The lowest BCUT2D eigenvalue weighted by atomic mass is 10.2. The molecule has 1 N–H and O–H groups in total. The van der Waals surface area contributed by atoms with Gasteiger partial charge in [-0.1, -0.05) is 17.7 Å². The standard InChI is InChI=1S/C16H16N4O2S/c1-11-2-6-13(7-3-11)23(21,22)19-15-8-9-17-16-10-14(12-4-5-12)18-20(15)16/h2-3,6-10,12,19H,4-5H2,1H3. The summed E-state index contributed by atoms with van der Waals surface area (Å²) in [4.78, 5) is 4.48. The molecule has 2 heterocycles. The molecule has 4 rings (SSSR count). The molecule has 0 atom stereocenters. The second-order valence-electron chi connectivity index (χ2n) is 5.86. The molecular formula is C16H16N4O2S. The molecule has 0 spiro atoms. The minimum absolute atomic E-state index is 0.225. The predicted molar refractivity (Wildman–Crippen MR) is 86.9 cm³/mol. The maximum Gasteiger partial charge on any atom is 0.263 e. The first kappa shape index (κ1) is 14.2. The zero-order chi connectivity index (χ0) is 16.0. The average molecular weight is 328 g/mol. The predicted octanol–water partition coefficient (Wildman–Crippen LogP) is 2.72. The number of benzene rings is 1. The Morgan fingerprint density at radius 3 is 2.61 bits per heavy atom. The Labute approximate surface area is 134 Å². The SMILES string of the molecule is Cc1ccc(S(=O)(=O)Nc2ccnc3cc(C4CC4)nn23)cc1. The van der Waals surface area contributed by atoms with Crippen LogP contribution in [0.1, 0.15) is 30.0 Å². The zero-order valence-electron chi connectivity index (χ0n) is 12.6. The molecule has 0 bridgehead atoms. The van der Waals surface area contributed by atoms with Crippen LogP contribution in [0.25, 0.3) is 5.65 Å². The first-order valence-corrected chi connectivity index (χ1v) is 8.95. The largest absolute Gasteiger partial charge is 0.263 e. The topological polar surface area (TPSA) is 76.4 Å². The summed E-state index contributed by atoms with van der Waals surface area (Å²) in [6.07, 6.45) is 3.85. The van der Waals surface area contributed by atoms with E-state index in [9.17, 15) is 8.42 Å². The Hall–Kier alpha value is -2.41. The lowest BCUT2D eigenvalue weighted by Crippen LogP contribution is -2.15. The van der Waals surface area contributed by atoms with Crippen LogP contribution in [0.4, 0.5) is 5.82 Å². The summed E-state index contributed by atoms with van der Waals surface area (Å²) >= 11 is 0. The van der Waals surface area contributed by atoms with E-state index in [0.717, 1.165) is 24.1 Å². The van der Waals surface area contributed by atoms with E-state index in [1.165, 1.54) is 0 Å². The summed E-state index contributed by atoms with van der Waals surface area (Å²) in [5.74, 6) is 0.876. The number of rotatable bonds is 4. The second-order valence-corrected chi connectivity index (χ2v) is 7.54. The number of fused-ring (bicyclic) bond motifs is 1. The molecule has 0 radical (unpaired) electrons. The number of nitrogens with one attached hydrogen (secondary N) is 1. The van der Waals surface area contributed by atoms with E-state index >= 15 is 0 Å². The van der Waals surface area contributed by atoms with Gasteiger partial charge in [0.05, 0.1) is 10.6 Å². The highest BCUT2D eigenvalue weighted by Crippen LogP contribution is 2.39. The number of aromatic nitrogens is 3. The van der Waals surface area contributed by atoms with E-state index in [0.29, 0.717) is 17.4 Å². The van der Waals surface area contributed by atoms with E-state index in [4.69, 9.17) is 0 Å². The molecule has 1 fully saturated rings. The highest BCUT2D eigenvalue weighted by molar-refractivity contribution is 7.92. The fourth-order valence-corrected chi connectivity index (χ4v) is 3.52. The van der Waals surface area contributed by atoms with Gasteiger partial charge in [0.2, 0.25) is 0 Å². The quantitative estimate of drug-likeness (QED) is 0.799. The van der Waals surface area contributed by atoms with Gasteiger partial charge in [0, 0.05) is 18.2 Å². The Bertz CT molecular complexity index is 973. The van der Waals surface area contributed by atoms with Crippen LogP contribution in [0.2, 0.25) is 0 Å². The summed E-state index contributed by atoms with van der Waals surface area (Å²) in [7, 11) is -3.66. The van der Waals surface area contributed by atoms with Gasteiger partial charge in [0.25, 0.3) is 10.0 Å². The van der Waals surface area contributed by atoms with Crippen molar-refractivity contribution in [1.29, 1.82) is 0 Å². The molecule has 3 aromatic rings. The molecule has 23 heavy (non-hydrogen) atoms. The fraction of sp³-hybridized carbons (Fsp3) is 0.250. The second kappa shape index (κ2) is 5.06. The molecule has 7 heteroatoms. The first-order chi connectivity index (χ1) is 11.0. The molecule has 1 saturated carbocycles. The summed E-state index contributed by atoms with van der Waals surface area (Å²) in [5.41, 5.74) is 2.63. The Morgan fingerprint density at radius 1 is 1.17 bits per heavy atom. The smallest absolute Gasteiger partial charge is 0.263 e. The average Bonchev–Trinajstić information content (AvgIpc) is 3.27. The number of hydrogen-bond acceptors (Lipinski definition) is 4. The molecule has 1 aliphatic carbocycles. The van der Waals surface area contributed by atoms with E-state index < -0.39 is 10.0 Å². The first-order valence-electron chi connectivity index (χ1n) is 7.47. The highest BCUT2D eigenvalue weighted by Gasteiger charge is 2.27. The van der Waals surface area contributed by atoms with E-state index in [-0.39, 0.29) is 4.90 Å². The monoisotopic (exact) mass is 328 g/mol.